The Kier molecular flexibility index (Phi) is 37.8. The van der Waals surface area contributed by atoms with Crippen LogP contribution < -0.4 is 5.11 Å². The Hall–Kier alpha value is -2.97. The third kappa shape index (κ3) is 38.3. The first-order chi connectivity index (χ1) is 27.6. The number of nitrogens with zero attached hydrogens (tertiary/aromatic N) is 1. The lowest BCUT2D eigenvalue weighted by atomic mass is 10.0. The van der Waals surface area contributed by atoms with E-state index in [1.807, 2.05) is 12.2 Å². The van der Waals surface area contributed by atoms with Gasteiger partial charge in [-0.05, 0) is 44.9 Å². The zero-order valence-corrected chi connectivity index (χ0v) is 37.2. The van der Waals surface area contributed by atoms with Gasteiger partial charge in [0.15, 0.2) is 6.10 Å². The minimum absolute atomic E-state index is 0.0176. The Morgan fingerprint density at radius 2 is 0.982 bits per heavy atom. The van der Waals surface area contributed by atoms with Crippen molar-refractivity contribution in [2.75, 3.05) is 41.0 Å². The lowest BCUT2D eigenvalue weighted by Crippen LogP contribution is -2.55. The van der Waals surface area contributed by atoms with Crippen LogP contribution in [0.2, 0.25) is 0 Å². The van der Waals surface area contributed by atoms with E-state index in [2.05, 4.69) is 62.5 Å². The molecule has 2 unspecified atom stereocenters. The van der Waals surface area contributed by atoms with Crippen molar-refractivity contribution in [1.29, 1.82) is 0 Å². The monoisotopic (exact) mass is 800 g/mol. The molecule has 0 aliphatic heterocycles. The van der Waals surface area contributed by atoms with Crippen LogP contribution in [0, 0.1) is 0 Å². The molecule has 0 fully saturated rings. The van der Waals surface area contributed by atoms with Crippen molar-refractivity contribution in [2.24, 2.45) is 0 Å². The standard InChI is InChI=1S/C49H85NO7/c1-6-8-10-12-14-16-18-20-22-24-26-28-30-32-34-36-38-40-48(52)57-45(43-55-42-41-46(49(53)54)50(3,4)5)44-56-47(51)39-37-35-33-31-29-27-25-23-21-19-17-15-13-11-9-7-2/h9,11,15,17,21,23,27,29,33,35,45-46H,6-8,10,12-14,16,18-20,22,24-26,28,30-32,34,36-44H2,1-5H3/b11-9+,17-15+,23-21+,29-27+,35-33+. The number of rotatable bonds is 40. The highest BCUT2D eigenvalue weighted by atomic mass is 16.6. The lowest BCUT2D eigenvalue weighted by molar-refractivity contribution is -0.889. The van der Waals surface area contributed by atoms with Crippen LogP contribution in [0.5, 0.6) is 0 Å². The minimum atomic E-state index is -1.13. The number of carboxylic acids is 1. The summed E-state index contributed by atoms with van der Waals surface area (Å²) in [5.41, 5.74) is 0. The summed E-state index contributed by atoms with van der Waals surface area (Å²) in [6, 6.07) is -0.737. The molecule has 0 bridgehead atoms. The fraction of sp³-hybridized carbons (Fsp3) is 0.735. The molecule has 328 valence electrons. The van der Waals surface area contributed by atoms with Crippen molar-refractivity contribution in [2.45, 2.75) is 193 Å². The molecule has 8 nitrogen and oxygen atoms in total. The topological polar surface area (TPSA) is 102 Å². The van der Waals surface area contributed by atoms with Crippen LogP contribution in [-0.2, 0) is 28.6 Å². The van der Waals surface area contributed by atoms with Gasteiger partial charge in [0.2, 0.25) is 0 Å². The summed E-state index contributed by atoms with van der Waals surface area (Å²) in [7, 11) is 5.39. The Labute approximate surface area is 349 Å². The Morgan fingerprint density at radius 1 is 0.544 bits per heavy atom. The van der Waals surface area contributed by atoms with Crippen molar-refractivity contribution < 1.29 is 38.2 Å². The van der Waals surface area contributed by atoms with Crippen LogP contribution in [0.25, 0.3) is 0 Å². The van der Waals surface area contributed by atoms with Crippen molar-refractivity contribution in [3.63, 3.8) is 0 Å². The first-order valence-corrected chi connectivity index (χ1v) is 22.8. The number of aliphatic carboxylic acids is 1. The third-order valence-electron chi connectivity index (χ3n) is 9.93. The fourth-order valence-corrected chi connectivity index (χ4v) is 6.41. The van der Waals surface area contributed by atoms with E-state index in [0.29, 0.717) is 12.8 Å². The van der Waals surface area contributed by atoms with E-state index >= 15 is 0 Å². The van der Waals surface area contributed by atoms with Gasteiger partial charge in [-0.2, -0.15) is 0 Å². The van der Waals surface area contributed by atoms with Crippen LogP contribution in [0.3, 0.4) is 0 Å². The highest BCUT2D eigenvalue weighted by molar-refractivity contribution is 5.70. The number of carboxylic acid groups (broad SMARTS) is 1. The van der Waals surface area contributed by atoms with Gasteiger partial charge >= 0.3 is 11.9 Å². The Balaban J connectivity index is 4.42. The SMILES string of the molecule is CC/C=C/C/C=C/C/C=C/C/C=C/C/C=C/CCC(=O)OCC(COCCC(C(=O)[O-])[N+](C)(C)C)OC(=O)CCCCCCCCCCCCCCCCCCC. The lowest BCUT2D eigenvalue weighted by Gasteiger charge is -2.34. The second-order valence-corrected chi connectivity index (χ2v) is 16.3. The molecule has 0 N–H and O–H groups in total. The number of unbranched alkanes of at least 4 members (excludes halogenated alkanes) is 16. The van der Waals surface area contributed by atoms with Gasteiger partial charge in [-0.25, -0.2) is 0 Å². The van der Waals surface area contributed by atoms with Crippen LogP contribution in [0.4, 0.5) is 0 Å². The Bertz CT molecular complexity index is 1120. The van der Waals surface area contributed by atoms with Crippen molar-refractivity contribution >= 4 is 17.9 Å². The first kappa shape index (κ1) is 54.0. The van der Waals surface area contributed by atoms with E-state index in [1.165, 1.54) is 89.9 Å². The number of carbonyl (C=O) groups excluding carboxylic acids is 3. The van der Waals surface area contributed by atoms with E-state index in [0.717, 1.165) is 51.4 Å². The highest BCUT2D eigenvalue weighted by Gasteiger charge is 2.25. The highest BCUT2D eigenvalue weighted by Crippen LogP contribution is 2.15. The number of esters is 2. The number of allylic oxidation sites excluding steroid dienone is 10. The zero-order chi connectivity index (χ0) is 42.1. The Morgan fingerprint density at radius 3 is 1.42 bits per heavy atom. The molecule has 0 radical (unpaired) electrons. The summed E-state index contributed by atoms with van der Waals surface area (Å²) in [5, 5.41) is 11.6. The smallest absolute Gasteiger partial charge is 0.306 e. The van der Waals surface area contributed by atoms with E-state index in [4.69, 9.17) is 14.2 Å². The summed E-state index contributed by atoms with van der Waals surface area (Å²) in [4.78, 5) is 36.8. The van der Waals surface area contributed by atoms with Crippen molar-refractivity contribution in [3.8, 4) is 0 Å². The van der Waals surface area contributed by atoms with E-state index in [-0.39, 0.29) is 49.1 Å². The van der Waals surface area contributed by atoms with Gasteiger partial charge in [-0.3, -0.25) is 9.59 Å². The van der Waals surface area contributed by atoms with Gasteiger partial charge in [0.1, 0.15) is 12.6 Å². The summed E-state index contributed by atoms with van der Waals surface area (Å²) in [5.74, 6) is -1.84. The number of hydrogen-bond acceptors (Lipinski definition) is 7. The van der Waals surface area contributed by atoms with Crippen LogP contribution in [0.15, 0.2) is 60.8 Å². The number of carbonyl (C=O) groups is 3. The quantitative estimate of drug-likeness (QED) is 0.0263. The molecule has 0 aromatic carbocycles. The summed E-state index contributed by atoms with van der Waals surface area (Å²) >= 11 is 0. The van der Waals surface area contributed by atoms with Gasteiger partial charge < -0.3 is 28.6 Å². The predicted octanol–water partition coefficient (Wildman–Crippen LogP) is 11.2. The molecule has 0 rings (SSSR count). The molecule has 0 amide bonds. The van der Waals surface area contributed by atoms with Gasteiger partial charge in [0.05, 0.1) is 40.3 Å². The number of hydrogen-bond donors (Lipinski definition) is 0. The van der Waals surface area contributed by atoms with Gasteiger partial charge in [0.25, 0.3) is 0 Å². The average Bonchev–Trinajstić information content (AvgIpc) is 3.17. The van der Waals surface area contributed by atoms with Gasteiger partial charge in [0, 0.05) is 19.3 Å². The number of likely N-dealkylation sites (N-methyl/N-ethyl adjacent to an activating group) is 1. The van der Waals surface area contributed by atoms with E-state index in [9.17, 15) is 19.5 Å². The predicted molar refractivity (Wildman–Crippen MR) is 236 cm³/mol. The van der Waals surface area contributed by atoms with E-state index in [1.54, 1.807) is 21.1 Å². The molecule has 8 heteroatoms. The third-order valence-corrected chi connectivity index (χ3v) is 9.93. The minimum Gasteiger partial charge on any atom is -0.544 e. The van der Waals surface area contributed by atoms with Crippen LogP contribution >= 0.6 is 0 Å². The molecule has 0 aromatic rings. The summed E-state index contributed by atoms with van der Waals surface area (Å²) in [6.07, 6.45) is 48.3. The maximum atomic E-state index is 12.7. The number of quaternary nitrogens is 1. The molecular weight excluding hydrogens is 715 g/mol. The summed E-state index contributed by atoms with van der Waals surface area (Å²) in [6.45, 7) is 4.47. The molecule has 0 aliphatic rings. The molecule has 2 atom stereocenters. The number of ether oxygens (including phenoxy) is 3. The van der Waals surface area contributed by atoms with Crippen molar-refractivity contribution in [3.05, 3.63) is 60.8 Å². The first-order valence-electron chi connectivity index (χ1n) is 22.8. The van der Waals surface area contributed by atoms with Crippen molar-refractivity contribution in [1.82, 2.24) is 0 Å². The molecule has 57 heavy (non-hydrogen) atoms. The molecule has 0 spiro atoms. The molecule has 0 aromatic heterocycles. The van der Waals surface area contributed by atoms with E-state index < -0.39 is 18.1 Å². The molecule has 0 saturated carbocycles. The zero-order valence-electron chi connectivity index (χ0n) is 37.2. The second kappa shape index (κ2) is 39.8. The molecule has 0 heterocycles. The molecule has 0 saturated heterocycles. The largest absolute Gasteiger partial charge is 0.544 e. The maximum absolute atomic E-state index is 12.7. The maximum Gasteiger partial charge on any atom is 0.306 e. The fourth-order valence-electron chi connectivity index (χ4n) is 6.41. The summed E-state index contributed by atoms with van der Waals surface area (Å²) < 4.78 is 17.1. The molecule has 0 aliphatic carbocycles. The normalized spacial score (nSPS) is 13.5. The average molecular weight is 800 g/mol. The second-order valence-electron chi connectivity index (χ2n) is 16.3. The van der Waals surface area contributed by atoms with Gasteiger partial charge in [-0.15, -0.1) is 0 Å². The van der Waals surface area contributed by atoms with Crippen LogP contribution in [0.1, 0.15) is 181 Å². The van der Waals surface area contributed by atoms with Crippen LogP contribution in [-0.4, -0.2) is 75.5 Å². The molecular formula is C49H85NO7. The van der Waals surface area contributed by atoms with Gasteiger partial charge in [-0.1, -0.05) is 177 Å².